The van der Waals surface area contributed by atoms with Gasteiger partial charge in [0.25, 0.3) is 0 Å². The second-order valence-electron chi connectivity index (χ2n) is 3.97. The summed E-state index contributed by atoms with van der Waals surface area (Å²) in [6, 6.07) is 0. The van der Waals surface area contributed by atoms with Gasteiger partial charge in [-0.2, -0.15) is 0 Å². The van der Waals surface area contributed by atoms with Gasteiger partial charge >= 0.3 is 0 Å². The molecule has 3 N–H and O–H groups in total. The lowest BCUT2D eigenvalue weighted by Gasteiger charge is -2.28. The third kappa shape index (κ3) is 3.25. The molecular formula is C9H18N2O3. The van der Waals surface area contributed by atoms with Crippen LogP contribution in [0.25, 0.3) is 0 Å². The highest BCUT2D eigenvalue weighted by Crippen LogP contribution is 2.07. The fourth-order valence-corrected chi connectivity index (χ4v) is 1.12. The molecule has 0 aliphatic carbocycles. The van der Waals surface area contributed by atoms with Gasteiger partial charge in [0.15, 0.2) is 0 Å². The number of nitrogens with one attached hydrogen (secondary N) is 1. The van der Waals surface area contributed by atoms with E-state index in [4.69, 9.17) is 15.2 Å². The normalized spacial score (nSPS) is 23.4. The minimum absolute atomic E-state index is 0.113. The Labute approximate surface area is 83.9 Å². The summed E-state index contributed by atoms with van der Waals surface area (Å²) in [5.41, 5.74) is 4.54. The molecule has 1 unspecified atom stereocenters. The average Bonchev–Trinajstić information content (AvgIpc) is 2.16. The fourth-order valence-electron chi connectivity index (χ4n) is 1.12. The van der Waals surface area contributed by atoms with Crippen LogP contribution in [0.15, 0.2) is 0 Å². The minimum Gasteiger partial charge on any atom is -0.368 e. The molecule has 14 heavy (non-hydrogen) atoms. The lowest BCUT2D eigenvalue weighted by Crippen LogP contribution is -2.53. The van der Waals surface area contributed by atoms with Gasteiger partial charge in [-0.05, 0) is 20.3 Å². The highest BCUT2D eigenvalue weighted by Gasteiger charge is 2.25. The van der Waals surface area contributed by atoms with Gasteiger partial charge in [0.05, 0.1) is 18.2 Å². The van der Waals surface area contributed by atoms with E-state index >= 15 is 0 Å². The molecule has 1 atom stereocenters. The molecule has 0 aromatic carbocycles. The highest BCUT2D eigenvalue weighted by atomic mass is 16.7. The number of carbonyl (C=O) groups is 1. The molecule has 0 saturated carbocycles. The second-order valence-corrected chi connectivity index (χ2v) is 3.97. The third-order valence-electron chi connectivity index (χ3n) is 2.36. The van der Waals surface area contributed by atoms with Crippen LogP contribution in [0.5, 0.6) is 0 Å². The standard InChI is InChI=1S/C9H18N2O3/c1-9(2,8(10)12)11-5-7-3-4-13-6-14-7/h7,11H,3-6H2,1-2H3,(H2,10,12). The van der Waals surface area contributed by atoms with Crippen LogP contribution >= 0.6 is 0 Å². The van der Waals surface area contributed by atoms with E-state index in [0.717, 1.165) is 6.42 Å². The Balaban J connectivity index is 2.28. The van der Waals surface area contributed by atoms with Gasteiger partial charge in [-0.1, -0.05) is 0 Å². The molecule has 5 heteroatoms. The summed E-state index contributed by atoms with van der Waals surface area (Å²) in [7, 11) is 0. The van der Waals surface area contributed by atoms with Crippen LogP contribution in [0.4, 0.5) is 0 Å². The van der Waals surface area contributed by atoms with Crippen molar-refractivity contribution in [2.75, 3.05) is 19.9 Å². The van der Waals surface area contributed by atoms with Gasteiger partial charge < -0.3 is 20.5 Å². The molecule has 1 aliphatic rings. The molecule has 1 fully saturated rings. The van der Waals surface area contributed by atoms with Gasteiger partial charge in [0, 0.05) is 6.54 Å². The van der Waals surface area contributed by atoms with Gasteiger partial charge in [0.2, 0.25) is 5.91 Å². The molecule has 1 saturated heterocycles. The second kappa shape index (κ2) is 4.72. The Morgan fingerprint density at radius 3 is 2.86 bits per heavy atom. The van der Waals surface area contributed by atoms with Gasteiger partial charge in [-0.3, -0.25) is 4.79 Å². The Morgan fingerprint density at radius 1 is 1.64 bits per heavy atom. The quantitative estimate of drug-likeness (QED) is 0.650. The molecular weight excluding hydrogens is 184 g/mol. The van der Waals surface area contributed by atoms with Crippen LogP contribution in [0.2, 0.25) is 0 Å². The van der Waals surface area contributed by atoms with Gasteiger partial charge in [0.1, 0.15) is 6.79 Å². The Kier molecular flexibility index (Phi) is 3.86. The molecule has 0 aromatic rings. The van der Waals surface area contributed by atoms with E-state index in [1.807, 2.05) is 0 Å². The van der Waals surface area contributed by atoms with Crippen molar-refractivity contribution in [2.45, 2.75) is 31.9 Å². The molecule has 1 rings (SSSR count). The summed E-state index contributed by atoms with van der Waals surface area (Å²) in [5, 5.41) is 3.07. The monoisotopic (exact) mass is 202 g/mol. The van der Waals surface area contributed by atoms with Crippen molar-refractivity contribution in [1.82, 2.24) is 5.32 Å². The topological polar surface area (TPSA) is 73.6 Å². The molecule has 1 aliphatic heterocycles. The van der Waals surface area contributed by atoms with Crippen LogP contribution in [-0.4, -0.2) is 37.5 Å². The fraction of sp³-hybridized carbons (Fsp3) is 0.889. The SMILES string of the molecule is CC(C)(NCC1CCOCO1)C(N)=O. The minimum atomic E-state index is -0.679. The van der Waals surface area contributed by atoms with Gasteiger partial charge in [-0.25, -0.2) is 0 Å². The smallest absolute Gasteiger partial charge is 0.237 e. The third-order valence-corrected chi connectivity index (χ3v) is 2.36. The molecule has 0 bridgehead atoms. The maximum Gasteiger partial charge on any atom is 0.237 e. The predicted octanol–water partition coefficient (Wildman–Crippen LogP) is -0.397. The van der Waals surface area contributed by atoms with Crippen molar-refractivity contribution >= 4 is 5.91 Å². The number of primary amides is 1. The molecule has 5 nitrogen and oxygen atoms in total. The number of hydrogen-bond donors (Lipinski definition) is 2. The molecule has 0 spiro atoms. The summed E-state index contributed by atoms with van der Waals surface area (Å²) in [6.07, 6.45) is 0.962. The predicted molar refractivity (Wildman–Crippen MR) is 51.6 cm³/mol. The number of ether oxygens (including phenoxy) is 2. The number of amides is 1. The first kappa shape index (κ1) is 11.4. The zero-order chi connectivity index (χ0) is 10.6. The van der Waals surface area contributed by atoms with E-state index in [-0.39, 0.29) is 12.0 Å². The Morgan fingerprint density at radius 2 is 2.36 bits per heavy atom. The highest BCUT2D eigenvalue weighted by molar-refractivity contribution is 5.83. The Hall–Kier alpha value is -0.650. The van der Waals surface area contributed by atoms with Gasteiger partial charge in [-0.15, -0.1) is 0 Å². The molecule has 1 amide bonds. The molecule has 82 valence electrons. The van der Waals surface area contributed by atoms with Crippen LogP contribution in [-0.2, 0) is 14.3 Å². The Bertz CT molecular complexity index is 200. The first-order chi connectivity index (χ1) is 6.52. The maximum absolute atomic E-state index is 11.0. The molecule has 0 radical (unpaired) electrons. The summed E-state index contributed by atoms with van der Waals surface area (Å²) < 4.78 is 10.4. The van der Waals surface area contributed by atoms with Crippen LogP contribution < -0.4 is 11.1 Å². The van der Waals surface area contributed by atoms with E-state index in [0.29, 0.717) is 19.9 Å². The maximum atomic E-state index is 11.0. The largest absolute Gasteiger partial charge is 0.368 e. The zero-order valence-electron chi connectivity index (χ0n) is 8.71. The van der Waals surface area contributed by atoms with Crippen LogP contribution in [0.1, 0.15) is 20.3 Å². The van der Waals surface area contributed by atoms with Crippen molar-refractivity contribution in [3.8, 4) is 0 Å². The number of rotatable bonds is 4. The van der Waals surface area contributed by atoms with Crippen molar-refractivity contribution in [1.29, 1.82) is 0 Å². The number of hydrogen-bond acceptors (Lipinski definition) is 4. The number of carbonyl (C=O) groups excluding carboxylic acids is 1. The summed E-state index contributed by atoms with van der Waals surface area (Å²) >= 11 is 0. The van der Waals surface area contributed by atoms with Crippen molar-refractivity contribution in [2.24, 2.45) is 5.73 Å². The van der Waals surface area contributed by atoms with E-state index in [1.54, 1.807) is 13.8 Å². The van der Waals surface area contributed by atoms with E-state index in [9.17, 15) is 4.79 Å². The summed E-state index contributed by atoms with van der Waals surface area (Å²) in [6.45, 7) is 5.19. The lowest BCUT2D eigenvalue weighted by molar-refractivity contribution is -0.139. The first-order valence-corrected chi connectivity index (χ1v) is 4.76. The van der Waals surface area contributed by atoms with Crippen molar-refractivity contribution in [3.63, 3.8) is 0 Å². The molecule has 0 aromatic heterocycles. The molecule has 1 heterocycles. The van der Waals surface area contributed by atoms with Crippen LogP contribution in [0, 0.1) is 0 Å². The van der Waals surface area contributed by atoms with E-state index < -0.39 is 5.54 Å². The van der Waals surface area contributed by atoms with Crippen molar-refractivity contribution < 1.29 is 14.3 Å². The van der Waals surface area contributed by atoms with E-state index in [1.165, 1.54) is 0 Å². The van der Waals surface area contributed by atoms with Crippen LogP contribution in [0.3, 0.4) is 0 Å². The van der Waals surface area contributed by atoms with E-state index in [2.05, 4.69) is 5.32 Å². The van der Waals surface area contributed by atoms with Crippen molar-refractivity contribution in [3.05, 3.63) is 0 Å². The summed E-state index contributed by atoms with van der Waals surface area (Å²) in [4.78, 5) is 11.0. The zero-order valence-corrected chi connectivity index (χ0v) is 8.71. The average molecular weight is 202 g/mol. The summed E-state index contributed by atoms with van der Waals surface area (Å²) in [5.74, 6) is -0.357. The number of nitrogens with two attached hydrogens (primary N) is 1. The lowest BCUT2D eigenvalue weighted by atomic mass is 10.0. The first-order valence-electron chi connectivity index (χ1n) is 4.76.